The van der Waals surface area contributed by atoms with Crippen molar-refractivity contribution in [2.24, 2.45) is 0 Å². The molecule has 78 valence electrons. The van der Waals surface area contributed by atoms with E-state index in [2.05, 4.69) is 4.98 Å². The molecule has 3 aromatic rings. The molecule has 0 bridgehead atoms. The Morgan fingerprint density at radius 2 is 1.81 bits per heavy atom. The highest BCUT2D eigenvalue weighted by Crippen LogP contribution is 2.24. The van der Waals surface area contributed by atoms with Gasteiger partial charge in [0.05, 0.1) is 5.48 Å². The fourth-order valence-corrected chi connectivity index (χ4v) is 1.76. The molecule has 1 N–H and O–H groups in total. The van der Waals surface area contributed by atoms with Crippen LogP contribution in [0.25, 0.3) is 22.2 Å². The summed E-state index contributed by atoms with van der Waals surface area (Å²) < 4.78 is 31.2. The summed E-state index contributed by atoms with van der Waals surface area (Å²) in [4.78, 5) is 3.05. The maximum atomic E-state index is 7.90. The van der Waals surface area contributed by atoms with Gasteiger partial charge in [0.15, 0.2) is 0 Å². The Bertz CT molecular complexity index is 763. The lowest BCUT2D eigenvalue weighted by Crippen LogP contribution is -1.75. The molecule has 0 amide bonds. The van der Waals surface area contributed by atoms with Crippen LogP contribution in [0, 0.1) is 0 Å². The number of aromatic nitrogens is 1. The third-order valence-electron chi connectivity index (χ3n) is 2.42. The molecule has 3 rings (SSSR count). The molecule has 0 unspecified atom stereocenters. The van der Waals surface area contributed by atoms with Crippen molar-refractivity contribution < 1.29 is 5.48 Å². The van der Waals surface area contributed by atoms with Gasteiger partial charge in [-0.25, -0.2) is 0 Å². The Morgan fingerprint density at radius 1 is 1.06 bits per heavy atom. The summed E-state index contributed by atoms with van der Waals surface area (Å²) in [5.74, 6) is 0. The minimum absolute atomic E-state index is 0.0301. The average Bonchev–Trinajstić information content (AvgIpc) is 2.89. The van der Waals surface area contributed by atoms with Gasteiger partial charge in [0.1, 0.15) is 0 Å². The number of hydrogen-bond donors (Lipinski definition) is 1. The molecular weight excluding hydrogens is 218 g/mol. The Kier molecular flexibility index (Phi) is 1.41. The molecule has 0 aliphatic rings. The molecule has 1 aromatic heterocycles. The van der Waals surface area contributed by atoms with Crippen LogP contribution in [-0.4, -0.2) is 4.98 Å². The number of benzene rings is 2. The first-order valence-electron chi connectivity index (χ1n) is 6.84. The molecule has 1 nitrogen and oxygen atoms in total. The maximum absolute atomic E-state index is 7.90. The highest BCUT2D eigenvalue weighted by molar-refractivity contribution is 6.30. The van der Waals surface area contributed by atoms with E-state index in [0.29, 0.717) is 15.9 Å². The molecule has 0 aliphatic heterocycles. The van der Waals surface area contributed by atoms with Crippen molar-refractivity contribution in [1.29, 1.82) is 0 Å². The van der Waals surface area contributed by atoms with Crippen molar-refractivity contribution in [2.75, 3.05) is 0 Å². The van der Waals surface area contributed by atoms with Gasteiger partial charge in [-0.05, 0) is 29.8 Å². The zero-order valence-electron chi connectivity index (χ0n) is 12.3. The summed E-state index contributed by atoms with van der Waals surface area (Å²) in [6.45, 7) is 0. The molecule has 2 aromatic carbocycles. The smallest absolute Gasteiger partial charge is 0.0645 e. The fraction of sp³-hybridized carbons (Fsp3) is 0. The quantitative estimate of drug-likeness (QED) is 0.635. The first-order valence-corrected chi connectivity index (χ1v) is 5.22. The van der Waals surface area contributed by atoms with Crippen LogP contribution >= 0.6 is 11.6 Å². The first-order chi connectivity index (χ1) is 9.49. The third kappa shape index (κ3) is 1.59. The third-order valence-corrected chi connectivity index (χ3v) is 2.67. The van der Waals surface area contributed by atoms with Crippen LogP contribution in [0.5, 0.6) is 0 Å². The lowest BCUT2D eigenvalue weighted by Gasteiger charge is -1.96. The number of H-pyrrole nitrogens is 1. The lowest BCUT2D eigenvalue weighted by molar-refractivity contribution is 1.45. The van der Waals surface area contributed by atoms with Crippen molar-refractivity contribution in [2.45, 2.75) is 0 Å². The van der Waals surface area contributed by atoms with E-state index >= 15 is 0 Å². The molecule has 0 aliphatic carbocycles. The van der Waals surface area contributed by atoms with E-state index < -0.39 is 0 Å². The van der Waals surface area contributed by atoms with E-state index in [0.717, 1.165) is 11.3 Å². The summed E-state index contributed by atoms with van der Waals surface area (Å²) in [6.07, 6.45) is 0. The van der Waals surface area contributed by atoms with E-state index in [4.69, 9.17) is 17.1 Å². The highest BCUT2D eigenvalue weighted by atomic mass is 35.5. The monoisotopic (exact) mass is 231 g/mol. The molecule has 1 heterocycles. The second-order valence-corrected chi connectivity index (χ2v) is 3.92. The van der Waals surface area contributed by atoms with Crippen LogP contribution in [0.15, 0.2) is 54.5 Å². The topological polar surface area (TPSA) is 15.8 Å². The predicted molar refractivity (Wildman–Crippen MR) is 68.7 cm³/mol. The summed E-state index contributed by atoms with van der Waals surface area (Å²) in [5, 5.41) is 1.12. The lowest BCUT2D eigenvalue weighted by atomic mass is 10.1. The number of aromatic amines is 1. The SMILES string of the molecule is [2H]c1c([2H])c([2H])c2[nH]c(-c3ccc(Cl)cc3)cc2c1[2H]. The number of hydrogen-bond acceptors (Lipinski definition) is 0. The highest BCUT2D eigenvalue weighted by Gasteiger charge is 2.02. The zero-order chi connectivity index (χ0) is 14.4. The van der Waals surface area contributed by atoms with Crippen LogP contribution < -0.4 is 0 Å². The van der Waals surface area contributed by atoms with Crippen molar-refractivity contribution in [3.63, 3.8) is 0 Å². The Balaban J connectivity index is 2.28. The van der Waals surface area contributed by atoms with Crippen LogP contribution in [0.4, 0.5) is 0 Å². The molecular formula is C14H10ClN. The minimum Gasteiger partial charge on any atom is -0.355 e. The van der Waals surface area contributed by atoms with Crippen LogP contribution in [0.2, 0.25) is 5.02 Å². The number of para-hydroxylation sites is 1. The molecule has 0 saturated heterocycles. The molecule has 0 atom stereocenters. The molecule has 16 heavy (non-hydrogen) atoms. The summed E-state index contributed by atoms with van der Waals surface area (Å²) in [5.41, 5.74) is 2.03. The van der Waals surface area contributed by atoms with Gasteiger partial charge in [0.2, 0.25) is 0 Å². The van der Waals surface area contributed by atoms with Crippen molar-refractivity contribution in [1.82, 2.24) is 4.98 Å². The number of nitrogens with one attached hydrogen (secondary N) is 1. The second-order valence-electron chi connectivity index (χ2n) is 3.48. The second kappa shape index (κ2) is 3.69. The predicted octanol–water partition coefficient (Wildman–Crippen LogP) is 4.49. The van der Waals surface area contributed by atoms with Gasteiger partial charge >= 0.3 is 0 Å². The van der Waals surface area contributed by atoms with Crippen molar-refractivity contribution >= 4 is 22.5 Å². The standard InChI is InChI=1S/C14H10ClN/c15-12-7-5-10(6-8-12)14-9-11-3-1-2-4-13(11)16-14/h1-9,16H/i1D,2D,3D,4D. The van der Waals surface area contributed by atoms with E-state index in [1.165, 1.54) is 0 Å². The van der Waals surface area contributed by atoms with Crippen LogP contribution in [0.3, 0.4) is 0 Å². The summed E-state index contributed by atoms with van der Waals surface area (Å²) >= 11 is 5.85. The fourth-order valence-electron chi connectivity index (χ4n) is 1.63. The van der Waals surface area contributed by atoms with Gasteiger partial charge in [-0.15, -0.1) is 0 Å². The Hall–Kier alpha value is -1.73. The molecule has 0 fully saturated rings. The van der Waals surface area contributed by atoms with Crippen LogP contribution in [0.1, 0.15) is 5.48 Å². The van der Waals surface area contributed by atoms with Crippen molar-refractivity contribution in [3.05, 3.63) is 59.5 Å². The van der Waals surface area contributed by atoms with Gasteiger partial charge in [-0.2, -0.15) is 0 Å². The van der Waals surface area contributed by atoms with Gasteiger partial charge in [-0.1, -0.05) is 41.9 Å². The van der Waals surface area contributed by atoms with Gasteiger partial charge < -0.3 is 4.98 Å². The zero-order valence-corrected chi connectivity index (χ0v) is 9.02. The molecule has 0 spiro atoms. The van der Waals surface area contributed by atoms with Gasteiger partial charge in [-0.3, -0.25) is 0 Å². The Morgan fingerprint density at radius 3 is 2.62 bits per heavy atom. The summed E-state index contributed by atoms with van der Waals surface area (Å²) in [6, 6.07) is 8.40. The number of fused-ring (bicyclic) bond motifs is 1. The Labute approximate surface area is 104 Å². The first kappa shape index (κ1) is 6.12. The molecule has 2 heteroatoms. The average molecular weight is 232 g/mol. The minimum atomic E-state index is -0.230. The van der Waals surface area contributed by atoms with E-state index in [9.17, 15) is 0 Å². The number of halogens is 1. The largest absolute Gasteiger partial charge is 0.355 e. The normalized spacial score (nSPS) is 14.3. The van der Waals surface area contributed by atoms with Crippen LogP contribution in [-0.2, 0) is 0 Å². The van der Waals surface area contributed by atoms with Crippen molar-refractivity contribution in [3.8, 4) is 11.3 Å². The van der Waals surface area contributed by atoms with E-state index in [1.54, 1.807) is 18.2 Å². The van der Waals surface area contributed by atoms with E-state index in [-0.39, 0.29) is 24.2 Å². The maximum Gasteiger partial charge on any atom is 0.0645 e. The molecule has 0 radical (unpaired) electrons. The van der Waals surface area contributed by atoms with Gasteiger partial charge in [0.25, 0.3) is 0 Å². The molecule has 0 saturated carbocycles. The van der Waals surface area contributed by atoms with E-state index in [1.807, 2.05) is 12.1 Å². The van der Waals surface area contributed by atoms with Gasteiger partial charge in [0, 0.05) is 21.6 Å². The summed E-state index contributed by atoms with van der Waals surface area (Å²) in [7, 11) is 0. The number of rotatable bonds is 1.